The summed E-state index contributed by atoms with van der Waals surface area (Å²) in [7, 11) is 0. The quantitative estimate of drug-likeness (QED) is 0.147. The highest BCUT2D eigenvalue weighted by Crippen LogP contribution is 2.43. The number of nitrogens with zero attached hydrogens (tertiary/aromatic N) is 8. The van der Waals surface area contributed by atoms with Crippen molar-refractivity contribution < 1.29 is 0 Å². The van der Waals surface area contributed by atoms with Crippen LogP contribution in [0.2, 0.25) is 0 Å². The highest BCUT2D eigenvalue weighted by Gasteiger charge is 2.13. The molecule has 0 atom stereocenters. The van der Waals surface area contributed by atoms with E-state index in [4.69, 9.17) is 16.2 Å². The molecule has 0 N–H and O–H groups in total. The van der Waals surface area contributed by atoms with Crippen LogP contribution in [0, 0.1) is 0 Å². The van der Waals surface area contributed by atoms with Crippen molar-refractivity contribution in [2.75, 3.05) is 0 Å². The second kappa shape index (κ2) is 9.14. The third kappa shape index (κ3) is 3.89. The van der Waals surface area contributed by atoms with Gasteiger partial charge in [-0.3, -0.25) is 0 Å². The van der Waals surface area contributed by atoms with Gasteiger partial charge in [-0.25, -0.2) is 0 Å². The Morgan fingerprint density at radius 3 is 2.00 bits per heavy atom. The van der Waals surface area contributed by atoms with Crippen LogP contribution in [0.15, 0.2) is 118 Å². The Morgan fingerprint density at radius 1 is 0.559 bits per heavy atom. The summed E-state index contributed by atoms with van der Waals surface area (Å²) >= 11 is 0. The van der Waals surface area contributed by atoms with E-state index in [1.54, 1.807) is 12.1 Å². The van der Waals surface area contributed by atoms with Crippen molar-refractivity contribution in [2.24, 2.45) is 20.5 Å². The van der Waals surface area contributed by atoms with Gasteiger partial charge in [-0.1, -0.05) is 95.2 Å². The van der Waals surface area contributed by atoms with Crippen LogP contribution in [0.1, 0.15) is 0 Å². The number of hydrogen-bond acceptors (Lipinski definition) is 4. The highest BCUT2D eigenvalue weighted by molar-refractivity contribution is 6.06. The molecule has 0 spiro atoms. The van der Waals surface area contributed by atoms with Crippen LogP contribution in [0.25, 0.3) is 53.6 Å². The van der Waals surface area contributed by atoms with Crippen molar-refractivity contribution in [1.29, 1.82) is 0 Å². The first kappa shape index (κ1) is 20.7. The van der Waals surface area contributed by atoms with Crippen molar-refractivity contribution in [1.82, 2.24) is 0 Å². The van der Waals surface area contributed by atoms with Crippen LogP contribution in [-0.4, -0.2) is 0 Å². The predicted octanol–water partition coefficient (Wildman–Crippen LogP) is 9.96. The molecule has 5 aromatic carbocycles. The van der Waals surface area contributed by atoms with Gasteiger partial charge in [-0.05, 0) is 39.5 Å². The number of hydrogen-bond donors (Lipinski definition) is 0. The van der Waals surface area contributed by atoms with E-state index in [0.29, 0.717) is 17.1 Å². The largest absolute Gasteiger partial charge is 0.150 e. The number of fused-ring (bicyclic) bond motifs is 2. The van der Waals surface area contributed by atoms with E-state index in [-0.39, 0.29) is 0 Å². The van der Waals surface area contributed by atoms with E-state index >= 15 is 0 Å². The van der Waals surface area contributed by atoms with Crippen LogP contribution in [0.3, 0.4) is 0 Å². The SMILES string of the molecule is [N-]=[N+]=Nc1ccc(-c2cc(N=[N+]=[N-])c3ccccc3c2N=Nc2cccc3ccccc23)cc1. The standard InChI is InChI=1S/C26H16N8/c27-33-29-19-14-12-18(13-15-19)23-16-25(31-34-28)21-9-3-4-10-22(21)26(23)32-30-24-11-5-7-17-6-1-2-8-20(17)24/h1-16H. The van der Waals surface area contributed by atoms with Crippen molar-refractivity contribution in [3.8, 4) is 11.1 Å². The Morgan fingerprint density at radius 2 is 1.24 bits per heavy atom. The zero-order valence-corrected chi connectivity index (χ0v) is 17.8. The minimum Gasteiger partial charge on any atom is -0.150 e. The molecular weight excluding hydrogens is 424 g/mol. The van der Waals surface area contributed by atoms with E-state index in [2.05, 4.69) is 25.2 Å². The maximum Gasteiger partial charge on any atom is 0.101 e. The molecule has 0 aliphatic heterocycles. The summed E-state index contributed by atoms with van der Waals surface area (Å²) in [5.41, 5.74) is 21.8. The second-order valence-corrected chi connectivity index (χ2v) is 7.46. The van der Waals surface area contributed by atoms with Crippen LogP contribution in [-0.2, 0) is 0 Å². The molecule has 8 nitrogen and oxygen atoms in total. The topological polar surface area (TPSA) is 122 Å². The van der Waals surface area contributed by atoms with Gasteiger partial charge >= 0.3 is 0 Å². The molecule has 160 valence electrons. The number of azo groups is 1. The summed E-state index contributed by atoms with van der Waals surface area (Å²) < 4.78 is 0. The van der Waals surface area contributed by atoms with Gasteiger partial charge in [-0.2, -0.15) is 0 Å². The van der Waals surface area contributed by atoms with E-state index in [9.17, 15) is 0 Å². The molecule has 34 heavy (non-hydrogen) atoms. The Hall–Kier alpha value is -5.16. The third-order valence-electron chi connectivity index (χ3n) is 5.51. The molecule has 0 unspecified atom stereocenters. The second-order valence-electron chi connectivity index (χ2n) is 7.46. The molecule has 0 saturated heterocycles. The summed E-state index contributed by atoms with van der Waals surface area (Å²) in [6, 6.07) is 30.5. The lowest BCUT2D eigenvalue weighted by atomic mass is 9.97. The molecule has 8 heteroatoms. The van der Waals surface area contributed by atoms with Crippen LogP contribution in [0.5, 0.6) is 0 Å². The van der Waals surface area contributed by atoms with Gasteiger partial charge in [-0.15, -0.1) is 10.2 Å². The summed E-state index contributed by atoms with van der Waals surface area (Å²) in [5.74, 6) is 0. The highest BCUT2D eigenvalue weighted by atomic mass is 15.1. The third-order valence-corrected chi connectivity index (χ3v) is 5.51. The fourth-order valence-electron chi connectivity index (χ4n) is 3.96. The molecular formula is C26H16N8. The van der Waals surface area contributed by atoms with Gasteiger partial charge in [0.1, 0.15) is 5.69 Å². The number of azide groups is 2. The first-order chi connectivity index (χ1) is 16.8. The van der Waals surface area contributed by atoms with E-state index in [1.807, 2.05) is 84.9 Å². The minimum atomic E-state index is 0.497. The van der Waals surface area contributed by atoms with E-state index in [1.165, 1.54) is 0 Å². The molecule has 0 fully saturated rings. The minimum absolute atomic E-state index is 0.497. The first-order valence-electron chi connectivity index (χ1n) is 10.4. The van der Waals surface area contributed by atoms with Crippen LogP contribution in [0.4, 0.5) is 22.7 Å². The molecule has 5 rings (SSSR count). The number of benzene rings is 5. The van der Waals surface area contributed by atoms with Gasteiger partial charge in [0.2, 0.25) is 0 Å². The molecule has 0 amide bonds. The smallest absolute Gasteiger partial charge is 0.101 e. The zero-order valence-electron chi connectivity index (χ0n) is 17.8. The summed E-state index contributed by atoms with van der Waals surface area (Å²) in [5, 5.41) is 20.5. The van der Waals surface area contributed by atoms with Gasteiger partial charge in [0.15, 0.2) is 0 Å². The molecule has 0 aliphatic carbocycles. The molecule has 0 heterocycles. The maximum absolute atomic E-state index is 9.13. The van der Waals surface area contributed by atoms with E-state index in [0.717, 1.165) is 38.4 Å². The molecule has 0 radical (unpaired) electrons. The van der Waals surface area contributed by atoms with Crippen LogP contribution >= 0.6 is 0 Å². The summed E-state index contributed by atoms with van der Waals surface area (Å²) in [6.45, 7) is 0. The lowest BCUT2D eigenvalue weighted by Gasteiger charge is -2.12. The van der Waals surface area contributed by atoms with Gasteiger partial charge in [0.05, 0.1) is 5.69 Å². The monoisotopic (exact) mass is 440 g/mol. The van der Waals surface area contributed by atoms with Crippen molar-refractivity contribution in [3.05, 3.63) is 118 Å². The number of rotatable bonds is 5. The van der Waals surface area contributed by atoms with Gasteiger partial charge in [0, 0.05) is 37.5 Å². The van der Waals surface area contributed by atoms with Crippen molar-refractivity contribution in [3.63, 3.8) is 0 Å². The Kier molecular flexibility index (Phi) is 5.57. The van der Waals surface area contributed by atoms with Crippen molar-refractivity contribution >= 4 is 44.3 Å². The van der Waals surface area contributed by atoms with Crippen LogP contribution < -0.4 is 0 Å². The summed E-state index contributed by atoms with van der Waals surface area (Å²) in [4.78, 5) is 5.83. The van der Waals surface area contributed by atoms with Gasteiger partial charge in [0.25, 0.3) is 0 Å². The Balaban J connectivity index is 1.76. The molecule has 5 aromatic rings. The van der Waals surface area contributed by atoms with Gasteiger partial charge < -0.3 is 0 Å². The zero-order chi connectivity index (χ0) is 23.3. The maximum atomic E-state index is 9.13. The fourth-order valence-corrected chi connectivity index (χ4v) is 3.96. The Labute approximate surface area is 194 Å². The molecule has 0 saturated carbocycles. The Bertz CT molecular complexity index is 1650. The first-order valence-corrected chi connectivity index (χ1v) is 10.4. The summed E-state index contributed by atoms with van der Waals surface area (Å²) in [6.07, 6.45) is 0. The van der Waals surface area contributed by atoms with Crippen molar-refractivity contribution in [2.45, 2.75) is 0 Å². The van der Waals surface area contributed by atoms with E-state index < -0.39 is 0 Å². The predicted molar refractivity (Wildman–Crippen MR) is 135 cm³/mol. The average Bonchev–Trinajstić information content (AvgIpc) is 2.89. The average molecular weight is 440 g/mol. The lowest BCUT2D eigenvalue weighted by molar-refractivity contribution is 1.25. The molecule has 0 aromatic heterocycles. The normalized spacial score (nSPS) is 10.8. The molecule has 0 bridgehead atoms. The fraction of sp³-hybridized carbons (Fsp3) is 0. The molecule has 0 aliphatic rings. The lowest BCUT2D eigenvalue weighted by Crippen LogP contribution is -1.83.